The molecule has 0 aliphatic carbocycles. The Morgan fingerprint density at radius 2 is 1.41 bits per heavy atom. The Hall–Kier alpha value is -3.52. The van der Waals surface area contributed by atoms with Gasteiger partial charge in [-0.05, 0) is 64.8 Å². The molecule has 2 aromatic carbocycles. The zero-order valence-corrected chi connectivity index (χ0v) is 31.4. The summed E-state index contributed by atoms with van der Waals surface area (Å²) in [5, 5.41) is 22.8. The average Bonchev–Trinajstić information content (AvgIpc) is 3.45. The van der Waals surface area contributed by atoms with Crippen LogP contribution in [-0.4, -0.2) is 77.9 Å². The molecule has 0 spiro atoms. The number of halogens is 5. The number of nitrogens with one attached hydrogen (secondary N) is 1. The highest BCUT2D eigenvalue weighted by molar-refractivity contribution is 6.92. The van der Waals surface area contributed by atoms with E-state index in [9.17, 15) is 22.7 Å². The molecule has 0 saturated carbocycles. The predicted octanol–water partition coefficient (Wildman–Crippen LogP) is 7.30. The summed E-state index contributed by atoms with van der Waals surface area (Å²) in [7, 11) is 0. The van der Waals surface area contributed by atoms with Gasteiger partial charge >= 0.3 is 0 Å². The molecule has 54 heavy (non-hydrogen) atoms. The van der Waals surface area contributed by atoms with E-state index in [-0.39, 0.29) is 55.4 Å². The molecular formula is C38H55ClF4N8O2P-. The third-order valence-corrected chi connectivity index (χ3v) is 9.56. The van der Waals surface area contributed by atoms with E-state index in [2.05, 4.69) is 43.5 Å². The number of hydrogen-bond donors (Lipinski definition) is 2. The van der Waals surface area contributed by atoms with Crippen LogP contribution in [0.2, 0.25) is 0 Å². The zero-order valence-electron chi connectivity index (χ0n) is 29.4. The van der Waals surface area contributed by atoms with Crippen molar-refractivity contribution in [1.29, 1.82) is 0 Å². The molecule has 3 saturated heterocycles. The number of benzene rings is 2. The zero-order chi connectivity index (χ0) is 35.9. The minimum atomic E-state index is -1.58. The molecule has 5 heterocycles. The van der Waals surface area contributed by atoms with Crippen LogP contribution < -0.4 is 5.32 Å². The Kier molecular flexibility index (Phi) is 19.3. The van der Waals surface area contributed by atoms with E-state index in [1.807, 2.05) is 13.8 Å². The summed E-state index contributed by atoms with van der Waals surface area (Å²) < 4.78 is 63.1. The largest absolute Gasteiger partial charge is 0.577 e. The highest BCUT2D eigenvalue weighted by Crippen LogP contribution is 2.48. The third-order valence-electron chi connectivity index (χ3n) is 9.56. The van der Waals surface area contributed by atoms with Crippen molar-refractivity contribution in [3.05, 3.63) is 120 Å². The van der Waals surface area contributed by atoms with Crippen molar-refractivity contribution in [3.8, 4) is 0 Å². The van der Waals surface area contributed by atoms with Crippen LogP contribution in [0.4, 0.5) is 17.6 Å². The molecule has 7 rings (SSSR count). The molecule has 3 aliphatic rings. The summed E-state index contributed by atoms with van der Waals surface area (Å²) in [4.78, 5) is 9.82. The highest BCUT2D eigenvalue weighted by Gasteiger charge is 2.56. The first-order valence-corrected chi connectivity index (χ1v) is 16.7. The fourth-order valence-electron chi connectivity index (χ4n) is 6.36. The van der Waals surface area contributed by atoms with E-state index in [0.29, 0.717) is 12.1 Å². The summed E-state index contributed by atoms with van der Waals surface area (Å²) in [5.74, 6) is -2.64. The highest BCUT2D eigenvalue weighted by atomic mass is 35.5. The van der Waals surface area contributed by atoms with Gasteiger partial charge in [-0.1, -0.05) is 51.3 Å². The lowest BCUT2D eigenvalue weighted by Crippen LogP contribution is -2.53. The summed E-state index contributed by atoms with van der Waals surface area (Å²) in [6, 6.07) is 6.39. The molecule has 16 heteroatoms. The summed E-state index contributed by atoms with van der Waals surface area (Å²) in [6.07, 6.45) is 9.68. The predicted molar refractivity (Wildman–Crippen MR) is 210 cm³/mol. The monoisotopic (exact) mass is 797 g/mol. The van der Waals surface area contributed by atoms with Crippen LogP contribution in [-0.2, 0) is 29.0 Å². The van der Waals surface area contributed by atoms with Crippen LogP contribution in [0.15, 0.2) is 86.0 Å². The molecule has 0 radical (unpaired) electrons. The van der Waals surface area contributed by atoms with Gasteiger partial charge in [0.25, 0.3) is 0 Å². The van der Waals surface area contributed by atoms with Gasteiger partial charge in [-0.25, -0.2) is 36.9 Å². The summed E-state index contributed by atoms with van der Waals surface area (Å²) in [5.41, 5.74) is 0.638. The molecule has 2 aromatic heterocycles. The smallest absolute Gasteiger partial charge is 0.142 e. The van der Waals surface area contributed by atoms with Crippen molar-refractivity contribution in [2.75, 3.05) is 26.2 Å². The van der Waals surface area contributed by atoms with E-state index in [1.165, 1.54) is 72.2 Å². The normalized spacial score (nSPS) is 20.8. The maximum atomic E-state index is 14.5. The first-order chi connectivity index (χ1) is 23.9. The summed E-state index contributed by atoms with van der Waals surface area (Å²) in [6.45, 7) is 15.7. The molecule has 300 valence electrons. The Morgan fingerprint density at radius 1 is 0.889 bits per heavy atom. The molecule has 3 fully saturated rings. The number of hydrogen-bond acceptors (Lipinski definition) is 8. The second-order valence-electron chi connectivity index (χ2n) is 13.0. The van der Waals surface area contributed by atoms with E-state index < -0.39 is 40.5 Å². The van der Waals surface area contributed by atoms with Gasteiger partial charge < -0.3 is 25.1 Å². The van der Waals surface area contributed by atoms with Crippen LogP contribution in [0.5, 0.6) is 0 Å². The van der Waals surface area contributed by atoms with Gasteiger partial charge in [0.15, 0.2) is 0 Å². The SMILES string of the molecule is C.C.C=C1CCN([C@H](C)[C@](O)(Cn2cncn2)c2ccc(F)cc2F)CC1.C=C1CCNCC1.C[C@@H]1O[C@@]1(Cn1cncn1)c1ccc(F)cc1F.Cl.[PH2-]. The number of aliphatic hydroxyl groups is 1. The van der Waals surface area contributed by atoms with Gasteiger partial charge in [-0.3, -0.25) is 4.90 Å². The molecular weight excluding hydrogens is 743 g/mol. The lowest BCUT2D eigenvalue weighted by atomic mass is 9.84. The quantitative estimate of drug-likeness (QED) is 0.0828. The van der Waals surface area contributed by atoms with Gasteiger partial charge in [0.2, 0.25) is 0 Å². The Labute approximate surface area is 326 Å². The fourth-order valence-corrected chi connectivity index (χ4v) is 6.36. The Bertz CT molecular complexity index is 1730. The second kappa shape index (κ2) is 21.5. The van der Waals surface area contributed by atoms with Crippen molar-refractivity contribution >= 4 is 22.3 Å². The van der Waals surface area contributed by atoms with Gasteiger partial charge in [0, 0.05) is 42.4 Å². The third kappa shape index (κ3) is 12.0. The maximum Gasteiger partial charge on any atom is 0.142 e. The molecule has 2 N–H and O–H groups in total. The maximum absolute atomic E-state index is 14.5. The van der Waals surface area contributed by atoms with Crippen LogP contribution in [0.1, 0.15) is 65.5 Å². The summed E-state index contributed by atoms with van der Waals surface area (Å²) >= 11 is 0. The Morgan fingerprint density at radius 3 is 1.87 bits per heavy atom. The van der Waals surface area contributed by atoms with Crippen molar-refractivity contribution < 1.29 is 27.4 Å². The molecule has 10 nitrogen and oxygen atoms in total. The van der Waals surface area contributed by atoms with Crippen LogP contribution >= 0.6 is 22.3 Å². The number of ether oxygens (including phenoxy) is 1. The first-order valence-electron chi connectivity index (χ1n) is 16.7. The second-order valence-corrected chi connectivity index (χ2v) is 13.0. The number of rotatable bonds is 8. The fraction of sp³-hybridized carbons (Fsp3) is 0.474. The number of aromatic nitrogens is 6. The molecule has 4 aromatic rings. The lowest BCUT2D eigenvalue weighted by Gasteiger charge is -2.43. The number of piperidine rings is 2. The van der Waals surface area contributed by atoms with Gasteiger partial charge in [0.1, 0.15) is 59.8 Å². The topological polar surface area (TPSA) is 109 Å². The van der Waals surface area contributed by atoms with E-state index in [1.54, 1.807) is 4.68 Å². The Balaban J connectivity index is 0.000000442. The van der Waals surface area contributed by atoms with Gasteiger partial charge in [-0.15, -0.1) is 12.4 Å². The number of nitrogens with zero attached hydrogens (tertiary/aromatic N) is 7. The average molecular weight is 798 g/mol. The van der Waals surface area contributed by atoms with Crippen molar-refractivity contribution in [2.24, 2.45) is 0 Å². The van der Waals surface area contributed by atoms with E-state index >= 15 is 0 Å². The van der Waals surface area contributed by atoms with Crippen LogP contribution in [0, 0.1) is 23.3 Å². The van der Waals surface area contributed by atoms with Crippen LogP contribution in [0.25, 0.3) is 0 Å². The minimum absolute atomic E-state index is 0. The van der Waals surface area contributed by atoms with Crippen molar-refractivity contribution in [3.63, 3.8) is 0 Å². The molecule has 0 bridgehead atoms. The van der Waals surface area contributed by atoms with Crippen molar-refractivity contribution in [1.82, 2.24) is 39.7 Å². The molecule has 0 unspecified atom stereocenters. The number of epoxide rings is 1. The van der Waals surface area contributed by atoms with E-state index in [4.69, 9.17) is 4.74 Å². The van der Waals surface area contributed by atoms with Crippen molar-refractivity contribution in [2.45, 2.75) is 90.8 Å². The molecule has 0 amide bonds. The standard InChI is InChI=1S/C18H22F2N4O.C12H11F2N3O.C6H11N.2CH4.ClH.H2P/c1-13-5-7-23(8-6-13)14(2)18(25,10-24-12-21-11-22-24)16-4-3-15(19)9-17(16)20;1-8-12(18-8,5-17-7-15-6-16-17)10-3-2-9(13)4-11(10)14;1-6-2-4-7-5-3-6;;;;/h3-4,9,11-12,14,25H,1,5-8,10H2,2H3;2-4,6-8H,5H2,1H3;7H,1-5H2;2*1H4;1H;1H2/q;;;;;;-1/t14-,18-;8-,12+;;;;;/m10...../s1. The van der Waals surface area contributed by atoms with Gasteiger partial charge in [-0.2, -0.15) is 10.2 Å². The minimum Gasteiger partial charge on any atom is -0.577 e. The number of likely N-dealkylation sites (tertiary alicyclic amines) is 1. The molecule has 3 aliphatic heterocycles. The van der Waals surface area contributed by atoms with E-state index in [0.717, 1.165) is 57.2 Å². The van der Waals surface area contributed by atoms with Gasteiger partial charge in [0.05, 0.1) is 19.2 Å². The van der Waals surface area contributed by atoms with Crippen LogP contribution in [0.3, 0.4) is 0 Å². The lowest BCUT2D eigenvalue weighted by molar-refractivity contribution is -0.0657. The first kappa shape index (κ1) is 48.5. The molecule has 4 atom stereocenters.